The van der Waals surface area contributed by atoms with Gasteiger partial charge >= 0.3 is 0 Å². The van der Waals surface area contributed by atoms with Gasteiger partial charge in [0, 0.05) is 8.07 Å². The fourth-order valence-electron chi connectivity index (χ4n) is 0.904. The van der Waals surface area contributed by atoms with Crippen molar-refractivity contribution in [2.45, 2.75) is 32.6 Å². The zero-order valence-electron chi connectivity index (χ0n) is 7.57. The van der Waals surface area contributed by atoms with Gasteiger partial charge in [0.25, 0.3) is 0 Å². The van der Waals surface area contributed by atoms with E-state index in [-0.39, 0.29) is 0 Å². The van der Waals surface area contributed by atoms with Gasteiger partial charge in [-0.25, -0.2) is 0 Å². The van der Waals surface area contributed by atoms with Crippen LogP contribution in [0.4, 0.5) is 0 Å². The summed E-state index contributed by atoms with van der Waals surface area (Å²) in [5.41, 5.74) is 1.40. The maximum absolute atomic E-state index is 3.77. The highest BCUT2D eigenvalue weighted by molar-refractivity contribution is 6.76. The third-order valence-electron chi connectivity index (χ3n) is 1.37. The molecule has 0 nitrogen and oxygen atoms in total. The van der Waals surface area contributed by atoms with E-state index in [1.165, 1.54) is 11.6 Å². The molecular weight excluding hydrogens is 136 g/mol. The highest BCUT2D eigenvalue weighted by Gasteiger charge is 2.12. The third kappa shape index (κ3) is 4.56. The summed E-state index contributed by atoms with van der Waals surface area (Å²) in [6.07, 6.45) is 4.13. The zero-order valence-corrected chi connectivity index (χ0v) is 8.57. The molecule has 0 atom stereocenters. The molecule has 0 saturated heterocycles. The Morgan fingerprint density at radius 2 is 1.90 bits per heavy atom. The number of hydrogen-bond donors (Lipinski definition) is 0. The fraction of sp³-hybridized carbons (Fsp3) is 0.556. The van der Waals surface area contributed by atoms with Gasteiger partial charge < -0.3 is 0 Å². The SMILES string of the molecule is C=C/C(=C/C)C[Si](C)(C)C. The fourth-order valence-corrected chi connectivity index (χ4v) is 2.48. The lowest BCUT2D eigenvalue weighted by molar-refractivity contribution is 1.38. The van der Waals surface area contributed by atoms with Gasteiger partial charge in [0.1, 0.15) is 0 Å². The van der Waals surface area contributed by atoms with Crippen LogP contribution < -0.4 is 0 Å². The van der Waals surface area contributed by atoms with Crippen molar-refractivity contribution in [3.8, 4) is 0 Å². The normalized spacial score (nSPS) is 13.4. The van der Waals surface area contributed by atoms with Crippen LogP contribution in [0.2, 0.25) is 25.7 Å². The monoisotopic (exact) mass is 154 g/mol. The van der Waals surface area contributed by atoms with Gasteiger partial charge in [0.2, 0.25) is 0 Å². The molecule has 0 N–H and O–H groups in total. The molecule has 0 aromatic rings. The first-order chi connectivity index (χ1) is 4.49. The van der Waals surface area contributed by atoms with Crippen LogP contribution in [0.15, 0.2) is 24.3 Å². The summed E-state index contributed by atoms with van der Waals surface area (Å²) in [4.78, 5) is 0. The first-order valence-electron chi connectivity index (χ1n) is 3.77. The molecule has 0 aliphatic heterocycles. The van der Waals surface area contributed by atoms with E-state index in [1.807, 2.05) is 6.08 Å². The lowest BCUT2D eigenvalue weighted by Crippen LogP contribution is -2.19. The minimum atomic E-state index is -0.902. The standard InChI is InChI=1S/C9H18Si/c1-6-9(7-2)8-10(3,4)5/h6-7H,1,8H2,2-5H3/b9-7-. The van der Waals surface area contributed by atoms with E-state index in [1.54, 1.807) is 0 Å². The highest BCUT2D eigenvalue weighted by Crippen LogP contribution is 2.16. The van der Waals surface area contributed by atoms with Gasteiger partial charge in [-0.05, 0) is 13.0 Å². The summed E-state index contributed by atoms with van der Waals surface area (Å²) in [6.45, 7) is 13.0. The van der Waals surface area contributed by atoms with Gasteiger partial charge in [0.05, 0.1) is 0 Å². The van der Waals surface area contributed by atoms with Crippen molar-refractivity contribution in [1.82, 2.24) is 0 Å². The van der Waals surface area contributed by atoms with E-state index < -0.39 is 8.07 Å². The van der Waals surface area contributed by atoms with Crippen LogP contribution in [0.5, 0.6) is 0 Å². The molecule has 0 fully saturated rings. The van der Waals surface area contributed by atoms with Gasteiger partial charge in [-0.3, -0.25) is 0 Å². The Bertz CT molecular complexity index is 137. The van der Waals surface area contributed by atoms with Crippen LogP contribution in [0.3, 0.4) is 0 Å². The summed E-state index contributed by atoms with van der Waals surface area (Å²) in [5, 5.41) is 0. The average Bonchev–Trinajstić information content (AvgIpc) is 1.81. The van der Waals surface area contributed by atoms with Gasteiger partial charge in [-0.1, -0.05) is 43.9 Å². The lowest BCUT2D eigenvalue weighted by atomic mass is 10.3. The van der Waals surface area contributed by atoms with Crippen LogP contribution in [0.25, 0.3) is 0 Å². The second kappa shape index (κ2) is 3.77. The Balaban J connectivity index is 4.01. The molecule has 0 saturated carbocycles. The van der Waals surface area contributed by atoms with Crippen molar-refractivity contribution >= 4 is 8.07 Å². The summed E-state index contributed by atoms with van der Waals surface area (Å²) in [5.74, 6) is 0. The predicted molar refractivity (Wildman–Crippen MR) is 52.1 cm³/mol. The molecule has 0 unspecified atom stereocenters. The topological polar surface area (TPSA) is 0 Å². The first kappa shape index (κ1) is 9.70. The number of rotatable bonds is 3. The summed E-state index contributed by atoms with van der Waals surface area (Å²) < 4.78 is 0. The summed E-state index contributed by atoms with van der Waals surface area (Å²) >= 11 is 0. The first-order valence-corrected chi connectivity index (χ1v) is 7.48. The van der Waals surface area contributed by atoms with Crippen LogP contribution in [-0.4, -0.2) is 8.07 Å². The van der Waals surface area contributed by atoms with E-state index >= 15 is 0 Å². The summed E-state index contributed by atoms with van der Waals surface area (Å²) in [6, 6.07) is 1.26. The number of allylic oxidation sites excluding steroid dienone is 3. The van der Waals surface area contributed by atoms with E-state index in [4.69, 9.17) is 0 Å². The van der Waals surface area contributed by atoms with Gasteiger partial charge in [-0.15, -0.1) is 0 Å². The minimum absolute atomic E-state index is 0.902. The largest absolute Gasteiger partial charge is 0.0988 e. The van der Waals surface area contributed by atoms with Crippen molar-refractivity contribution in [2.24, 2.45) is 0 Å². The van der Waals surface area contributed by atoms with E-state index in [0.717, 1.165) is 0 Å². The molecule has 10 heavy (non-hydrogen) atoms. The van der Waals surface area contributed by atoms with Crippen LogP contribution >= 0.6 is 0 Å². The molecule has 0 aromatic heterocycles. The molecular formula is C9H18Si. The molecule has 0 radical (unpaired) electrons. The molecule has 0 aliphatic rings. The van der Waals surface area contributed by atoms with Crippen LogP contribution in [0.1, 0.15) is 6.92 Å². The average molecular weight is 154 g/mol. The molecule has 0 aromatic carbocycles. The van der Waals surface area contributed by atoms with Gasteiger partial charge in [-0.2, -0.15) is 0 Å². The predicted octanol–water partition coefficient (Wildman–Crippen LogP) is 3.46. The Morgan fingerprint density at radius 1 is 1.40 bits per heavy atom. The molecule has 0 aliphatic carbocycles. The van der Waals surface area contributed by atoms with Crippen molar-refractivity contribution < 1.29 is 0 Å². The van der Waals surface area contributed by atoms with Crippen molar-refractivity contribution in [3.63, 3.8) is 0 Å². The minimum Gasteiger partial charge on any atom is -0.0988 e. The van der Waals surface area contributed by atoms with Gasteiger partial charge in [0.15, 0.2) is 0 Å². The Hall–Kier alpha value is -0.303. The smallest absolute Gasteiger partial charge is 0.0486 e. The Labute approximate surface area is 65.7 Å². The molecule has 0 heterocycles. The second-order valence-electron chi connectivity index (χ2n) is 3.81. The van der Waals surface area contributed by atoms with E-state index in [9.17, 15) is 0 Å². The molecule has 0 bridgehead atoms. The van der Waals surface area contributed by atoms with Crippen LogP contribution in [-0.2, 0) is 0 Å². The number of hydrogen-bond acceptors (Lipinski definition) is 0. The molecule has 0 amide bonds. The quantitative estimate of drug-likeness (QED) is 0.431. The molecule has 0 spiro atoms. The van der Waals surface area contributed by atoms with E-state index in [2.05, 4.69) is 39.2 Å². The molecule has 0 rings (SSSR count). The molecule has 1 heteroatoms. The second-order valence-corrected chi connectivity index (χ2v) is 9.28. The lowest BCUT2D eigenvalue weighted by Gasteiger charge is -2.15. The maximum Gasteiger partial charge on any atom is 0.0486 e. The van der Waals surface area contributed by atoms with Crippen molar-refractivity contribution in [2.75, 3.05) is 0 Å². The Kier molecular flexibility index (Phi) is 3.65. The van der Waals surface area contributed by atoms with Crippen LogP contribution in [0, 0.1) is 0 Å². The molecule has 58 valence electrons. The van der Waals surface area contributed by atoms with Crippen molar-refractivity contribution in [1.29, 1.82) is 0 Å². The Morgan fingerprint density at radius 3 is 2.00 bits per heavy atom. The maximum atomic E-state index is 3.77. The van der Waals surface area contributed by atoms with E-state index in [0.29, 0.717) is 0 Å². The highest BCUT2D eigenvalue weighted by atomic mass is 28.3. The third-order valence-corrected chi connectivity index (χ3v) is 2.84. The summed E-state index contributed by atoms with van der Waals surface area (Å²) in [7, 11) is -0.902. The van der Waals surface area contributed by atoms with Crippen molar-refractivity contribution in [3.05, 3.63) is 24.3 Å². The zero-order chi connectivity index (χ0) is 8.20.